The Morgan fingerprint density at radius 1 is 0.938 bits per heavy atom. The van der Waals surface area contributed by atoms with Gasteiger partial charge < -0.3 is 0 Å². The van der Waals surface area contributed by atoms with Gasteiger partial charge >= 0.3 is 0 Å². The molecule has 4 rings (SSSR count). The van der Waals surface area contributed by atoms with E-state index in [4.69, 9.17) is 9.98 Å². The van der Waals surface area contributed by atoms with Crippen LogP contribution in [-0.2, 0) is 0 Å². The number of nitrogens with zero attached hydrogens (tertiary/aromatic N) is 3. The molecule has 4 aromatic rings. The van der Waals surface area contributed by atoms with Gasteiger partial charge in [-0.3, -0.25) is 5.43 Å². The Kier molecular flexibility index (Phi) is 7.24. The van der Waals surface area contributed by atoms with Crippen LogP contribution in [0.5, 0.6) is 0 Å². The zero-order valence-corrected chi connectivity index (χ0v) is 20.5. The Morgan fingerprint density at radius 3 is 2.53 bits per heavy atom. The van der Waals surface area contributed by atoms with Crippen LogP contribution in [0.1, 0.15) is 16.8 Å². The number of aryl methyl sites for hydroxylation is 1. The second-order valence-electron chi connectivity index (χ2n) is 7.06. The van der Waals surface area contributed by atoms with Crippen molar-refractivity contribution in [3.63, 3.8) is 0 Å². The third-order valence-electron chi connectivity index (χ3n) is 4.70. The van der Waals surface area contributed by atoms with Gasteiger partial charge in [-0.25, -0.2) is 9.98 Å². The van der Waals surface area contributed by atoms with Crippen molar-refractivity contribution in [2.75, 3.05) is 0 Å². The summed E-state index contributed by atoms with van der Waals surface area (Å²) in [6.07, 6.45) is 5.58. The van der Waals surface area contributed by atoms with E-state index in [1.165, 1.54) is 0 Å². The van der Waals surface area contributed by atoms with Gasteiger partial charge in [-0.1, -0.05) is 76.6 Å². The molecule has 0 spiro atoms. The molecule has 0 saturated heterocycles. The van der Waals surface area contributed by atoms with E-state index >= 15 is 0 Å². The molecule has 0 fully saturated rings. The van der Waals surface area contributed by atoms with Crippen LogP contribution in [-0.4, -0.2) is 17.0 Å². The number of halogens is 2. The lowest BCUT2D eigenvalue weighted by atomic mass is 10.2. The molecule has 0 radical (unpaired) electrons. The maximum Gasteiger partial charge on any atom is 0.173 e. The van der Waals surface area contributed by atoms with E-state index in [1.807, 2.05) is 97.9 Å². The van der Waals surface area contributed by atoms with Crippen LogP contribution in [0.3, 0.4) is 0 Å². The summed E-state index contributed by atoms with van der Waals surface area (Å²) in [5, 5.41) is 5.43. The number of aliphatic imine (C=N–C) groups is 1. The molecule has 0 aliphatic heterocycles. The van der Waals surface area contributed by atoms with E-state index in [1.54, 1.807) is 6.21 Å². The summed E-state index contributed by atoms with van der Waals surface area (Å²) in [5.74, 6) is 0.561. The molecule has 0 amide bonds. The van der Waals surface area contributed by atoms with Crippen molar-refractivity contribution in [1.82, 2.24) is 10.4 Å². The van der Waals surface area contributed by atoms with Crippen molar-refractivity contribution in [1.29, 1.82) is 0 Å². The normalized spacial score (nSPS) is 12.2. The van der Waals surface area contributed by atoms with Crippen molar-refractivity contribution in [3.05, 3.63) is 111 Å². The number of benzene rings is 3. The lowest BCUT2D eigenvalue weighted by Gasteiger charge is -2.10. The van der Waals surface area contributed by atoms with Crippen LogP contribution in [0.4, 0.5) is 5.69 Å². The van der Waals surface area contributed by atoms with E-state index < -0.39 is 0 Å². The number of pyridine rings is 1. The van der Waals surface area contributed by atoms with Gasteiger partial charge in [0.05, 0.1) is 11.2 Å². The highest BCUT2D eigenvalue weighted by Crippen LogP contribution is 2.33. The molecule has 0 saturated carbocycles. The largest absolute Gasteiger partial charge is 0.260 e. The highest BCUT2D eigenvalue weighted by molar-refractivity contribution is 9.11. The number of aromatic nitrogens is 1. The first-order valence-corrected chi connectivity index (χ1v) is 11.6. The van der Waals surface area contributed by atoms with Crippen LogP contribution in [0.15, 0.2) is 104 Å². The molecule has 4 nitrogen and oxygen atoms in total. The van der Waals surface area contributed by atoms with Crippen LogP contribution >= 0.6 is 31.9 Å². The van der Waals surface area contributed by atoms with Crippen molar-refractivity contribution in [2.24, 2.45) is 10.1 Å². The van der Waals surface area contributed by atoms with Crippen molar-refractivity contribution in [3.8, 4) is 0 Å². The van der Waals surface area contributed by atoms with E-state index in [-0.39, 0.29) is 0 Å². The Hall–Kier alpha value is -3.09. The van der Waals surface area contributed by atoms with Crippen LogP contribution < -0.4 is 5.43 Å². The molecule has 0 aliphatic rings. The molecule has 158 valence electrons. The average Bonchev–Trinajstić information content (AvgIpc) is 2.80. The highest BCUT2D eigenvalue weighted by Gasteiger charge is 2.10. The van der Waals surface area contributed by atoms with Crippen LogP contribution in [0.2, 0.25) is 0 Å². The highest BCUT2D eigenvalue weighted by atomic mass is 79.9. The van der Waals surface area contributed by atoms with Crippen molar-refractivity contribution >= 4 is 66.6 Å². The Morgan fingerprint density at radius 2 is 1.72 bits per heavy atom. The van der Waals surface area contributed by atoms with Gasteiger partial charge in [0.1, 0.15) is 5.69 Å². The molecule has 0 bridgehead atoms. The van der Waals surface area contributed by atoms with Crippen LogP contribution in [0, 0.1) is 6.92 Å². The maximum absolute atomic E-state index is 4.87. The number of nitrogens with one attached hydrogen (secondary N) is 1. The summed E-state index contributed by atoms with van der Waals surface area (Å²) in [6, 6.07) is 26.1. The first kappa shape index (κ1) is 22.1. The second kappa shape index (κ2) is 10.5. The molecular weight excluding hydrogens is 528 g/mol. The van der Waals surface area contributed by atoms with Gasteiger partial charge in [-0.15, -0.1) is 0 Å². The lowest BCUT2D eigenvalue weighted by Crippen LogP contribution is -2.20. The third kappa shape index (κ3) is 5.58. The van der Waals surface area contributed by atoms with Gasteiger partial charge in [-0.2, -0.15) is 5.10 Å². The van der Waals surface area contributed by atoms with Crippen molar-refractivity contribution < 1.29 is 0 Å². The molecule has 0 aliphatic carbocycles. The number of rotatable bonds is 5. The van der Waals surface area contributed by atoms with E-state index in [0.717, 1.165) is 36.7 Å². The number of hydrogen-bond donors (Lipinski definition) is 1. The molecule has 32 heavy (non-hydrogen) atoms. The van der Waals surface area contributed by atoms with Gasteiger partial charge in [-0.05, 0) is 64.3 Å². The number of hydrazone groups is 1. The molecule has 3 aromatic carbocycles. The number of allylic oxidation sites excluding steroid dienone is 1. The standard InChI is InChI=1S/C26H20Br2N4/c1-18-16-21(27)17-22(28)25(18)31-26(24-14-13-20-11-5-6-12-23(20)30-24)32-29-15-7-10-19-8-3-2-4-9-19/h2-17H,1H3,(H,31,32). The number of amidine groups is 1. The predicted octanol–water partition coefficient (Wildman–Crippen LogP) is 7.44. The molecule has 1 aromatic heterocycles. The topological polar surface area (TPSA) is 49.6 Å². The molecule has 6 heteroatoms. The molecule has 1 heterocycles. The summed E-state index contributed by atoms with van der Waals surface area (Å²) in [4.78, 5) is 9.65. The quantitative estimate of drug-likeness (QED) is 0.160. The summed E-state index contributed by atoms with van der Waals surface area (Å²) in [7, 11) is 0. The number of para-hydroxylation sites is 1. The Bertz CT molecular complexity index is 1310. The molecular formula is C26H20Br2N4. The first-order valence-electron chi connectivity index (χ1n) is 10.0. The van der Waals surface area contributed by atoms with Gasteiger partial charge in [0.2, 0.25) is 0 Å². The summed E-state index contributed by atoms with van der Waals surface area (Å²) >= 11 is 7.15. The van der Waals surface area contributed by atoms with E-state index in [9.17, 15) is 0 Å². The van der Waals surface area contributed by atoms with Gasteiger partial charge in [0.25, 0.3) is 0 Å². The lowest BCUT2D eigenvalue weighted by molar-refractivity contribution is 1.02. The molecule has 0 unspecified atom stereocenters. The number of fused-ring (bicyclic) bond motifs is 1. The summed E-state index contributed by atoms with van der Waals surface area (Å²) in [5.41, 5.74) is 7.65. The minimum Gasteiger partial charge on any atom is -0.260 e. The molecule has 0 atom stereocenters. The SMILES string of the molecule is Cc1cc(Br)cc(Br)c1N=C(NN=CC=Cc1ccccc1)c1ccc2ccccc2n1. The monoisotopic (exact) mass is 546 g/mol. The fourth-order valence-electron chi connectivity index (χ4n) is 3.15. The number of hydrogen-bond acceptors (Lipinski definition) is 3. The zero-order valence-electron chi connectivity index (χ0n) is 17.3. The smallest absolute Gasteiger partial charge is 0.173 e. The summed E-state index contributed by atoms with van der Waals surface area (Å²) < 4.78 is 1.88. The fourth-order valence-corrected chi connectivity index (χ4v) is 4.67. The maximum atomic E-state index is 4.87. The van der Waals surface area contributed by atoms with Gasteiger partial charge in [0, 0.05) is 20.5 Å². The summed E-state index contributed by atoms with van der Waals surface area (Å²) in [6.45, 7) is 2.02. The zero-order chi connectivity index (χ0) is 22.3. The third-order valence-corrected chi connectivity index (χ3v) is 5.77. The Labute approximate surface area is 204 Å². The van der Waals surface area contributed by atoms with Gasteiger partial charge in [0.15, 0.2) is 5.84 Å². The van der Waals surface area contributed by atoms with Crippen molar-refractivity contribution in [2.45, 2.75) is 6.92 Å². The predicted molar refractivity (Wildman–Crippen MR) is 142 cm³/mol. The first-order chi connectivity index (χ1) is 15.6. The van der Waals surface area contributed by atoms with Crippen LogP contribution in [0.25, 0.3) is 17.0 Å². The van der Waals surface area contributed by atoms with E-state index in [2.05, 4.69) is 42.4 Å². The average molecular weight is 548 g/mol. The minimum absolute atomic E-state index is 0.561. The fraction of sp³-hybridized carbons (Fsp3) is 0.0385. The molecule has 1 N–H and O–H groups in total. The van der Waals surface area contributed by atoms with E-state index in [0.29, 0.717) is 11.5 Å². The second-order valence-corrected chi connectivity index (χ2v) is 8.83. The Balaban J connectivity index is 1.67. The minimum atomic E-state index is 0.561.